The maximum atomic E-state index is 11.4. The molecule has 2 heterocycles. The number of nitrogens with one attached hydrogen (secondary N) is 3. The van der Waals surface area contributed by atoms with Crippen LogP contribution in [0, 0.1) is 5.92 Å². The third-order valence-corrected chi connectivity index (χ3v) is 5.68. The minimum absolute atomic E-state index is 0.0831. The SMILES string of the molecule is CN=C(NCCCN1CCC(C)CC1)NCCOc1ccc2c(c1)CCC(=O)N2. The third kappa shape index (κ3) is 6.92. The van der Waals surface area contributed by atoms with Crippen molar-refractivity contribution in [1.82, 2.24) is 15.5 Å². The first-order chi connectivity index (χ1) is 14.1. The van der Waals surface area contributed by atoms with Crippen LogP contribution in [0.4, 0.5) is 5.69 Å². The van der Waals surface area contributed by atoms with Gasteiger partial charge in [-0.2, -0.15) is 0 Å². The summed E-state index contributed by atoms with van der Waals surface area (Å²) in [7, 11) is 1.79. The maximum Gasteiger partial charge on any atom is 0.224 e. The minimum Gasteiger partial charge on any atom is -0.492 e. The minimum atomic E-state index is 0.0831. The number of fused-ring (bicyclic) bond motifs is 1. The van der Waals surface area contributed by atoms with Gasteiger partial charge in [-0.15, -0.1) is 0 Å². The fourth-order valence-corrected chi connectivity index (χ4v) is 3.80. The maximum absolute atomic E-state index is 11.4. The lowest BCUT2D eigenvalue weighted by Gasteiger charge is -2.30. The normalized spacial score (nSPS) is 18.1. The molecule has 160 valence electrons. The fourth-order valence-electron chi connectivity index (χ4n) is 3.80. The van der Waals surface area contributed by atoms with Crippen molar-refractivity contribution < 1.29 is 9.53 Å². The van der Waals surface area contributed by atoms with E-state index < -0.39 is 0 Å². The van der Waals surface area contributed by atoms with Crippen molar-refractivity contribution in [2.24, 2.45) is 10.9 Å². The molecular formula is C22H35N5O2. The van der Waals surface area contributed by atoms with Crippen molar-refractivity contribution in [3.05, 3.63) is 23.8 Å². The van der Waals surface area contributed by atoms with Gasteiger partial charge in [0.25, 0.3) is 0 Å². The number of nitrogens with zero attached hydrogens (tertiary/aromatic N) is 2. The summed E-state index contributed by atoms with van der Waals surface area (Å²) in [5.41, 5.74) is 2.03. The number of likely N-dealkylation sites (tertiary alicyclic amines) is 1. The fraction of sp³-hybridized carbons (Fsp3) is 0.636. The van der Waals surface area contributed by atoms with E-state index in [4.69, 9.17) is 4.74 Å². The zero-order valence-electron chi connectivity index (χ0n) is 17.8. The number of aryl methyl sites for hydroxylation is 1. The van der Waals surface area contributed by atoms with Crippen LogP contribution in [0.3, 0.4) is 0 Å². The first-order valence-electron chi connectivity index (χ1n) is 10.9. The van der Waals surface area contributed by atoms with Crippen molar-refractivity contribution >= 4 is 17.6 Å². The number of aliphatic imine (C=N–C) groups is 1. The largest absolute Gasteiger partial charge is 0.492 e. The first-order valence-corrected chi connectivity index (χ1v) is 10.9. The predicted octanol–water partition coefficient (Wildman–Crippen LogP) is 2.24. The van der Waals surface area contributed by atoms with Crippen LogP contribution < -0.4 is 20.7 Å². The highest BCUT2D eigenvalue weighted by Gasteiger charge is 2.15. The third-order valence-electron chi connectivity index (χ3n) is 5.68. The van der Waals surface area contributed by atoms with E-state index in [0.29, 0.717) is 19.6 Å². The lowest BCUT2D eigenvalue weighted by atomic mass is 9.99. The van der Waals surface area contributed by atoms with Crippen molar-refractivity contribution in [2.45, 2.75) is 39.0 Å². The van der Waals surface area contributed by atoms with Crippen molar-refractivity contribution in [1.29, 1.82) is 0 Å². The van der Waals surface area contributed by atoms with E-state index in [2.05, 4.69) is 32.8 Å². The van der Waals surface area contributed by atoms with Crippen LogP contribution in [-0.4, -0.2) is 63.1 Å². The second kappa shape index (κ2) is 11.0. The van der Waals surface area contributed by atoms with E-state index in [9.17, 15) is 4.79 Å². The number of carbonyl (C=O) groups is 1. The molecule has 1 saturated heterocycles. The Morgan fingerprint density at radius 2 is 2.03 bits per heavy atom. The van der Waals surface area contributed by atoms with Gasteiger partial charge in [0.15, 0.2) is 5.96 Å². The molecule has 1 fully saturated rings. The number of carbonyl (C=O) groups excluding carboxylic acids is 1. The molecule has 0 atom stereocenters. The zero-order valence-corrected chi connectivity index (χ0v) is 17.8. The number of benzene rings is 1. The molecule has 2 aliphatic rings. The molecule has 2 aliphatic heterocycles. The number of ether oxygens (including phenoxy) is 1. The predicted molar refractivity (Wildman–Crippen MR) is 118 cm³/mol. The number of piperidine rings is 1. The number of hydrogen-bond donors (Lipinski definition) is 3. The molecule has 0 radical (unpaired) electrons. The molecule has 0 unspecified atom stereocenters. The zero-order chi connectivity index (χ0) is 20.5. The Kier molecular flexibility index (Phi) is 8.16. The first kappa shape index (κ1) is 21.4. The summed E-state index contributed by atoms with van der Waals surface area (Å²) in [5, 5.41) is 9.56. The molecule has 0 saturated carbocycles. The molecule has 3 rings (SSSR count). The van der Waals surface area contributed by atoms with Gasteiger partial charge in [-0.1, -0.05) is 6.92 Å². The second-order valence-corrected chi connectivity index (χ2v) is 8.02. The van der Waals surface area contributed by atoms with E-state index in [-0.39, 0.29) is 5.91 Å². The molecule has 1 amide bonds. The van der Waals surface area contributed by atoms with E-state index in [1.807, 2.05) is 18.2 Å². The molecule has 7 heteroatoms. The Balaban J connectivity index is 1.28. The average Bonchev–Trinajstić information content (AvgIpc) is 2.74. The summed E-state index contributed by atoms with van der Waals surface area (Å²) in [6.45, 7) is 8.13. The molecular weight excluding hydrogens is 366 g/mol. The molecule has 7 nitrogen and oxygen atoms in total. The van der Waals surface area contributed by atoms with Gasteiger partial charge in [-0.3, -0.25) is 9.79 Å². The van der Waals surface area contributed by atoms with Gasteiger partial charge in [0.2, 0.25) is 5.91 Å². The number of rotatable bonds is 8. The van der Waals surface area contributed by atoms with Crippen LogP contribution in [0.5, 0.6) is 5.75 Å². The van der Waals surface area contributed by atoms with Gasteiger partial charge < -0.3 is 25.6 Å². The van der Waals surface area contributed by atoms with Crippen LogP contribution in [0.25, 0.3) is 0 Å². The van der Waals surface area contributed by atoms with Crippen LogP contribution in [0.2, 0.25) is 0 Å². The topological polar surface area (TPSA) is 78.0 Å². The Morgan fingerprint density at radius 1 is 1.24 bits per heavy atom. The number of amides is 1. The van der Waals surface area contributed by atoms with E-state index in [0.717, 1.165) is 54.8 Å². The summed E-state index contributed by atoms with van der Waals surface area (Å²) in [6, 6.07) is 5.83. The summed E-state index contributed by atoms with van der Waals surface area (Å²) in [5.74, 6) is 2.62. The Bertz CT molecular complexity index is 698. The van der Waals surface area contributed by atoms with Gasteiger partial charge in [0, 0.05) is 25.7 Å². The molecule has 1 aromatic rings. The summed E-state index contributed by atoms with van der Waals surface area (Å²) < 4.78 is 5.84. The standard InChI is InChI=1S/C22H35N5O2/c1-17-8-13-27(14-9-17)12-3-10-24-22(23-2)25-11-15-29-19-5-6-20-18(16-19)4-7-21(28)26-20/h5-6,16-17H,3-4,7-15H2,1-2H3,(H,26,28)(H2,23,24,25). The summed E-state index contributed by atoms with van der Waals surface area (Å²) in [6.07, 6.45) is 5.09. The highest BCUT2D eigenvalue weighted by Crippen LogP contribution is 2.26. The van der Waals surface area contributed by atoms with Crippen molar-refractivity contribution in [3.63, 3.8) is 0 Å². The van der Waals surface area contributed by atoms with E-state index in [1.54, 1.807) is 7.05 Å². The van der Waals surface area contributed by atoms with Crippen LogP contribution in [-0.2, 0) is 11.2 Å². The van der Waals surface area contributed by atoms with E-state index in [1.165, 1.54) is 25.9 Å². The van der Waals surface area contributed by atoms with Gasteiger partial charge in [0.05, 0.1) is 6.54 Å². The Morgan fingerprint density at radius 3 is 2.83 bits per heavy atom. The van der Waals surface area contributed by atoms with Gasteiger partial charge in [-0.25, -0.2) is 0 Å². The number of anilines is 1. The molecule has 29 heavy (non-hydrogen) atoms. The van der Waals surface area contributed by atoms with Crippen LogP contribution in [0.15, 0.2) is 23.2 Å². The highest BCUT2D eigenvalue weighted by atomic mass is 16.5. The molecule has 0 bridgehead atoms. The highest BCUT2D eigenvalue weighted by molar-refractivity contribution is 5.94. The summed E-state index contributed by atoms with van der Waals surface area (Å²) in [4.78, 5) is 18.3. The molecule has 0 aliphatic carbocycles. The number of guanidine groups is 1. The van der Waals surface area contributed by atoms with Crippen LogP contribution >= 0.6 is 0 Å². The average molecular weight is 402 g/mol. The quantitative estimate of drug-likeness (QED) is 0.354. The molecule has 0 spiro atoms. The van der Waals surface area contributed by atoms with Gasteiger partial charge in [0.1, 0.15) is 12.4 Å². The smallest absolute Gasteiger partial charge is 0.224 e. The van der Waals surface area contributed by atoms with Crippen molar-refractivity contribution in [3.8, 4) is 5.75 Å². The lowest BCUT2D eigenvalue weighted by Crippen LogP contribution is -2.41. The van der Waals surface area contributed by atoms with Crippen LogP contribution in [0.1, 0.15) is 38.2 Å². The van der Waals surface area contributed by atoms with Crippen molar-refractivity contribution in [2.75, 3.05) is 51.7 Å². The number of hydrogen-bond acceptors (Lipinski definition) is 4. The van der Waals surface area contributed by atoms with Gasteiger partial charge >= 0.3 is 0 Å². The van der Waals surface area contributed by atoms with E-state index >= 15 is 0 Å². The lowest BCUT2D eigenvalue weighted by molar-refractivity contribution is -0.116. The monoisotopic (exact) mass is 401 g/mol. The molecule has 0 aromatic heterocycles. The second-order valence-electron chi connectivity index (χ2n) is 8.02. The molecule has 3 N–H and O–H groups in total. The Hall–Kier alpha value is -2.28. The van der Waals surface area contributed by atoms with Gasteiger partial charge in [-0.05, 0) is 75.0 Å². The molecule has 1 aromatic carbocycles. The summed E-state index contributed by atoms with van der Waals surface area (Å²) >= 11 is 0. The Labute approximate surface area is 174 Å².